The van der Waals surface area contributed by atoms with Crippen LogP contribution in [0.25, 0.3) is 11.5 Å². The normalized spacial score (nSPS) is 18.8. The first-order valence-electron chi connectivity index (χ1n) is 5.36. The van der Waals surface area contributed by atoms with E-state index < -0.39 is 0 Å². The lowest BCUT2D eigenvalue weighted by Gasteiger charge is -2.18. The Bertz CT molecular complexity index is 456. The maximum atomic E-state index is 5.29. The van der Waals surface area contributed by atoms with Gasteiger partial charge in [-0.3, -0.25) is 0 Å². The average molecular weight is 309 g/mol. The Kier molecular flexibility index (Phi) is 6.01. The fourth-order valence-electron chi connectivity index (χ4n) is 1.89. The van der Waals surface area contributed by atoms with Crippen molar-refractivity contribution < 1.29 is 4.52 Å². The van der Waals surface area contributed by atoms with Crippen molar-refractivity contribution in [2.75, 3.05) is 13.1 Å². The molecule has 1 N–H and O–H groups in total. The van der Waals surface area contributed by atoms with Crippen LogP contribution in [0.4, 0.5) is 0 Å². The van der Waals surface area contributed by atoms with Crippen molar-refractivity contribution in [3.63, 3.8) is 0 Å². The molecule has 2 aromatic heterocycles. The smallest absolute Gasteiger partial charge is 0.231 e. The number of hydrogen-bond donors (Lipinski definition) is 1. The van der Waals surface area contributed by atoms with Crippen LogP contribution in [-0.4, -0.2) is 28.2 Å². The molecular formula is C10H14Cl2N4OS. The monoisotopic (exact) mass is 308 g/mol. The lowest BCUT2D eigenvalue weighted by molar-refractivity contribution is 0.322. The summed E-state index contributed by atoms with van der Waals surface area (Å²) >= 11 is 1.53. The Morgan fingerprint density at radius 1 is 1.39 bits per heavy atom. The highest BCUT2D eigenvalue weighted by atomic mass is 35.5. The zero-order valence-electron chi connectivity index (χ0n) is 9.54. The maximum absolute atomic E-state index is 5.29. The number of nitrogens with one attached hydrogen (secondary N) is 1. The quantitative estimate of drug-likeness (QED) is 0.923. The van der Waals surface area contributed by atoms with E-state index >= 15 is 0 Å². The summed E-state index contributed by atoms with van der Waals surface area (Å²) in [7, 11) is 0. The first-order chi connectivity index (χ1) is 7.93. The van der Waals surface area contributed by atoms with Crippen molar-refractivity contribution in [2.24, 2.45) is 0 Å². The highest BCUT2D eigenvalue weighted by molar-refractivity contribution is 7.07. The van der Waals surface area contributed by atoms with E-state index in [2.05, 4.69) is 20.4 Å². The van der Waals surface area contributed by atoms with E-state index in [1.54, 1.807) is 5.51 Å². The fraction of sp³-hybridized carbons (Fsp3) is 0.500. The lowest BCUT2D eigenvalue weighted by Crippen LogP contribution is -2.28. The van der Waals surface area contributed by atoms with E-state index in [4.69, 9.17) is 4.52 Å². The predicted octanol–water partition coefficient (Wildman–Crippen LogP) is 2.50. The van der Waals surface area contributed by atoms with Crippen LogP contribution in [0.3, 0.4) is 0 Å². The van der Waals surface area contributed by atoms with E-state index in [0.29, 0.717) is 11.7 Å². The van der Waals surface area contributed by atoms with Gasteiger partial charge in [0.15, 0.2) is 0 Å². The minimum Gasteiger partial charge on any atom is -0.339 e. The molecule has 0 bridgehead atoms. The SMILES string of the molecule is Cl.Cl.c1nc(-c2noc(C3CCCNC3)n2)cs1. The summed E-state index contributed by atoms with van der Waals surface area (Å²) in [4.78, 5) is 8.57. The number of rotatable bonds is 2. The first-order valence-corrected chi connectivity index (χ1v) is 6.30. The van der Waals surface area contributed by atoms with Crippen molar-refractivity contribution in [1.82, 2.24) is 20.4 Å². The van der Waals surface area contributed by atoms with Gasteiger partial charge in [0.2, 0.25) is 11.7 Å². The second kappa shape index (κ2) is 7.04. The largest absolute Gasteiger partial charge is 0.339 e. The summed E-state index contributed by atoms with van der Waals surface area (Å²) in [5, 5.41) is 9.22. The topological polar surface area (TPSA) is 63.8 Å². The van der Waals surface area contributed by atoms with Gasteiger partial charge >= 0.3 is 0 Å². The van der Waals surface area contributed by atoms with Crippen LogP contribution < -0.4 is 5.32 Å². The minimum atomic E-state index is 0. The van der Waals surface area contributed by atoms with Gasteiger partial charge in [0, 0.05) is 11.9 Å². The molecule has 0 spiro atoms. The van der Waals surface area contributed by atoms with Crippen LogP contribution in [-0.2, 0) is 0 Å². The number of piperidine rings is 1. The molecule has 1 unspecified atom stereocenters. The fourth-order valence-corrected chi connectivity index (χ4v) is 2.42. The van der Waals surface area contributed by atoms with E-state index in [0.717, 1.165) is 31.1 Å². The molecule has 0 aliphatic carbocycles. The lowest BCUT2D eigenvalue weighted by atomic mass is 10.00. The van der Waals surface area contributed by atoms with Gasteiger partial charge in [-0.25, -0.2) is 4.98 Å². The Labute approximate surface area is 121 Å². The molecule has 2 aromatic rings. The minimum absolute atomic E-state index is 0. The van der Waals surface area contributed by atoms with Crippen molar-refractivity contribution in [2.45, 2.75) is 18.8 Å². The molecule has 5 nitrogen and oxygen atoms in total. The second-order valence-corrected chi connectivity index (χ2v) is 4.59. The number of nitrogens with zero attached hydrogens (tertiary/aromatic N) is 3. The van der Waals surface area contributed by atoms with Gasteiger partial charge in [-0.05, 0) is 19.4 Å². The summed E-state index contributed by atoms with van der Waals surface area (Å²) in [5.41, 5.74) is 2.57. The molecule has 1 aliphatic rings. The third-order valence-electron chi connectivity index (χ3n) is 2.75. The van der Waals surface area contributed by atoms with Gasteiger partial charge in [-0.15, -0.1) is 36.2 Å². The summed E-state index contributed by atoms with van der Waals surface area (Å²) in [6, 6.07) is 0. The first kappa shape index (κ1) is 15.4. The van der Waals surface area contributed by atoms with Crippen LogP contribution in [0.1, 0.15) is 24.7 Å². The molecule has 1 aliphatic heterocycles. The third kappa shape index (κ3) is 3.20. The van der Waals surface area contributed by atoms with Gasteiger partial charge in [0.05, 0.1) is 11.4 Å². The van der Waals surface area contributed by atoms with E-state index in [1.165, 1.54) is 17.8 Å². The second-order valence-electron chi connectivity index (χ2n) is 3.87. The van der Waals surface area contributed by atoms with E-state index in [1.807, 2.05) is 5.38 Å². The zero-order chi connectivity index (χ0) is 10.8. The van der Waals surface area contributed by atoms with Crippen molar-refractivity contribution in [3.05, 3.63) is 16.8 Å². The zero-order valence-corrected chi connectivity index (χ0v) is 12.0. The summed E-state index contributed by atoms with van der Waals surface area (Å²) in [6.07, 6.45) is 2.28. The van der Waals surface area contributed by atoms with Crippen LogP contribution in [0, 0.1) is 0 Å². The van der Waals surface area contributed by atoms with Gasteiger partial charge in [-0.2, -0.15) is 4.98 Å². The molecule has 0 saturated carbocycles. The van der Waals surface area contributed by atoms with Gasteiger partial charge in [-0.1, -0.05) is 5.16 Å². The van der Waals surface area contributed by atoms with Crippen molar-refractivity contribution in [3.8, 4) is 11.5 Å². The Morgan fingerprint density at radius 3 is 2.94 bits per heavy atom. The standard InChI is InChI=1S/C10H12N4OS.2ClH/c1-2-7(4-11-3-1)10-13-9(14-15-10)8-5-16-6-12-8;;/h5-7,11H,1-4H2;2*1H. The van der Waals surface area contributed by atoms with Gasteiger partial charge in [0.25, 0.3) is 0 Å². The van der Waals surface area contributed by atoms with Crippen molar-refractivity contribution in [1.29, 1.82) is 0 Å². The van der Waals surface area contributed by atoms with Gasteiger partial charge in [0.1, 0.15) is 5.69 Å². The number of aromatic nitrogens is 3. The number of halogens is 2. The molecule has 1 atom stereocenters. The molecule has 8 heteroatoms. The highest BCUT2D eigenvalue weighted by Crippen LogP contribution is 2.24. The van der Waals surface area contributed by atoms with Crippen molar-refractivity contribution >= 4 is 36.2 Å². The molecule has 0 radical (unpaired) electrons. The summed E-state index contributed by atoms with van der Waals surface area (Å²) < 4.78 is 5.29. The maximum Gasteiger partial charge on any atom is 0.231 e. The Hall–Kier alpha value is -0.690. The summed E-state index contributed by atoms with van der Waals surface area (Å²) in [6.45, 7) is 2.02. The highest BCUT2D eigenvalue weighted by Gasteiger charge is 2.21. The van der Waals surface area contributed by atoms with Crippen LogP contribution in [0.15, 0.2) is 15.4 Å². The van der Waals surface area contributed by atoms with Gasteiger partial charge < -0.3 is 9.84 Å². The molecule has 1 fully saturated rings. The Morgan fingerprint density at radius 2 is 2.28 bits per heavy atom. The van der Waals surface area contributed by atoms with Crippen LogP contribution >= 0.6 is 36.2 Å². The van der Waals surface area contributed by atoms with E-state index in [9.17, 15) is 0 Å². The predicted molar refractivity (Wildman–Crippen MR) is 74.7 cm³/mol. The molecule has 18 heavy (non-hydrogen) atoms. The third-order valence-corrected chi connectivity index (χ3v) is 3.34. The molecule has 3 rings (SSSR count). The molecule has 100 valence electrons. The Balaban J connectivity index is 0.000000810. The average Bonchev–Trinajstić information content (AvgIpc) is 3.01. The molecule has 1 saturated heterocycles. The molecular weight excluding hydrogens is 295 g/mol. The van der Waals surface area contributed by atoms with Crippen LogP contribution in [0.2, 0.25) is 0 Å². The molecule has 0 aromatic carbocycles. The molecule has 0 amide bonds. The number of hydrogen-bond acceptors (Lipinski definition) is 6. The summed E-state index contributed by atoms with van der Waals surface area (Å²) in [5.74, 6) is 1.69. The van der Waals surface area contributed by atoms with E-state index in [-0.39, 0.29) is 24.8 Å². The van der Waals surface area contributed by atoms with Crippen LogP contribution in [0.5, 0.6) is 0 Å². The number of thiazole rings is 1. The molecule has 3 heterocycles.